The predicted molar refractivity (Wildman–Crippen MR) is 340 cm³/mol. The predicted octanol–water partition coefficient (Wildman–Crippen LogP) is 14.4. The second-order valence-electron chi connectivity index (χ2n) is 25.4. The van der Waals surface area contributed by atoms with Crippen molar-refractivity contribution in [2.24, 2.45) is 23.7 Å². The summed E-state index contributed by atoms with van der Waals surface area (Å²) in [4.78, 5) is 69.3. The van der Waals surface area contributed by atoms with E-state index in [1.54, 1.807) is 29.7 Å². The van der Waals surface area contributed by atoms with Gasteiger partial charge in [0.15, 0.2) is 0 Å². The van der Waals surface area contributed by atoms with Crippen molar-refractivity contribution in [2.75, 3.05) is 67.9 Å². The number of nitrogens with zero attached hydrogens (tertiary/aromatic N) is 8. The highest BCUT2D eigenvalue weighted by atomic mass is 32.1. The summed E-state index contributed by atoms with van der Waals surface area (Å²) in [6.07, 6.45) is 27.1. The molecule has 16 heteroatoms. The molecule has 4 heterocycles. The number of pyridine rings is 2. The third-order valence-corrected chi connectivity index (χ3v) is 21.3. The Hall–Kier alpha value is -6.23. The second-order valence-corrected chi connectivity index (χ2v) is 27.6. The Kier molecular flexibility index (Phi) is 19.4. The number of hydrogen-bond acceptors (Lipinski definition) is 13. The number of ether oxygens (including phenoxy) is 1. The first-order valence-electron chi connectivity index (χ1n) is 31.4. The normalized spacial score (nSPS) is 24.2. The number of benzene rings is 2. The molecule has 0 atom stereocenters. The van der Waals surface area contributed by atoms with Crippen LogP contribution in [-0.4, -0.2) is 103 Å². The Labute approximate surface area is 505 Å². The highest BCUT2D eigenvalue weighted by molar-refractivity contribution is 7.15. The van der Waals surface area contributed by atoms with Gasteiger partial charge < -0.3 is 34.8 Å². The van der Waals surface area contributed by atoms with E-state index in [0.29, 0.717) is 48.3 Å². The molecule has 446 valence electrons. The topological polar surface area (TPSA) is 157 Å². The van der Waals surface area contributed by atoms with Gasteiger partial charge in [-0.15, -0.1) is 22.7 Å². The van der Waals surface area contributed by atoms with Gasteiger partial charge in [-0.2, -0.15) is 0 Å². The van der Waals surface area contributed by atoms with Crippen LogP contribution in [0.15, 0.2) is 97.6 Å². The SMILES string of the molecule is CN(C)c1ccc(C2CCC(CN(C(=O)C3CCC(O)CC3)c3cccc(-c4cnc(C5CC5)s4)c3)CC2)cn1.CNC(=O)OC1CCC(C(=O)N(CC2CCC(c3ccc(N(C)C)nc3)CC2)c2cccc(-c3cnc(C4CC4)s3)c2)CC1. The number of thiazole rings is 2. The van der Waals surface area contributed by atoms with Crippen LogP contribution in [0.2, 0.25) is 0 Å². The number of carbonyl (C=O) groups excluding carboxylic acids is 3. The highest BCUT2D eigenvalue weighted by Crippen LogP contribution is 2.46. The molecule has 84 heavy (non-hydrogen) atoms. The van der Waals surface area contributed by atoms with E-state index < -0.39 is 6.09 Å². The Morgan fingerprint density at radius 1 is 0.512 bits per heavy atom. The Morgan fingerprint density at radius 2 is 0.929 bits per heavy atom. The van der Waals surface area contributed by atoms with Gasteiger partial charge in [-0.05, 0) is 211 Å². The van der Waals surface area contributed by atoms with E-state index in [1.165, 1.54) is 56.6 Å². The number of anilines is 4. The van der Waals surface area contributed by atoms with Crippen molar-refractivity contribution < 1.29 is 24.2 Å². The van der Waals surface area contributed by atoms with Gasteiger partial charge in [0.1, 0.15) is 17.7 Å². The Bertz CT molecular complexity index is 3120. The fourth-order valence-electron chi connectivity index (χ4n) is 13.3. The van der Waals surface area contributed by atoms with Crippen molar-refractivity contribution >= 4 is 63.6 Å². The standard InChI is InChI=1S/C35H45N5O3S.C33H42N4O2S/c1-36-35(42)43-30-16-13-26(14-17-30)34(41)40(29-6-4-5-27(19-29)31-21-38-33(44-31)25-11-12-25)22-23-7-9-24(10-8-23)28-15-18-32(37-20-28)39(2)3;1-36(2)31-17-14-27(19-34-31)23-8-6-22(7-9-23)21-37(33(39)25-12-15-29(38)16-13-25)28-5-3-4-26(18-28)30-20-35-32(40-30)24-10-11-24/h4-6,15,18-21,23-26,30H,7-14,16-17,22H2,1-3H3,(H,36,42);3-5,14,17-20,22-25,29,38H,6-13,15-16,21H2,1-2H3. The smallest absolute Gasteiger partial charge is 0.407 e. The van der Waals surface area contributed by atoms with Crippen molar-refractivity contribution in [1.82, 2.24) is 25.3 Å². The molecule has 14 nitrogen and oxygen atoms in total. The van der Waals surface area contributed by atoms with E-state index >= 15 is 0 Å². The maximum Gasteiger partial charge on any atom is 0.407 e. The molecule has 2 aromatic carbocycles. The molecule has 6 aliphatic rings. The molecule has 12 rings (SSSR count). The second kappa shape index (κ2) is 27.4. The van der Waals surface area contributed by atoms with E-state index in [2.05, 4.69) is 97.9 Å². The first-order chi connectivity index (χ1) is 40.8. The number of amides is 3. The zero-order chi connectivity index (χ0) is 58.3. The molecule has 6 aromatic rings. The summed E-state index contributed by atoms with van der Waals surface area (Å²) < 4.78 is 5.50. The molecule has 2 N–H and O–H groups in total. The molecule has 0 spiro atoms. The summed E-state index contributed by atoms with van der Waals surface area (Å²) in [5.41, 5.74) is 6.91. The summed E-state index contributed by atoms with van der Waals surface area (Å²) in [7, 11) is 9.65. The van der Waals surface area contributed by atoms with Gasteiger partial charge >= 0.3 is 6.09 Å². The first-order valence-corrected chi connectivity index (χ1v) is 33.0. The number of aliphatic hydroxyl groups is 1. The van der Waals surface area contributed by atoms with Gasteiger partial charge in [-0.3, -0.25) is 9.59 Å². The van der Waals surface area contributed by atoms with Crippen LogP contribution in [0, 0.1) is 23.7 Å². The molecule has 0 unspecified atom stereocenters. The molecule has 0 saturated heterocycles. The van der Waals surface area contributed by atoms with Crippen molar-refractivity contribution in [3.63, 3.8) is 0 Å². The lowest BCUT2D eigenvalue weighted by Crippen LogP contribution is -2.42. The average Bonchev–Trinajstić information content (AvgIpc) is 4.51. The third kappa shape index (κ3) is 15.0. The quantitative estimate of drug-likeness (QED) is 0.0896. The zero-order valence-corrected chi connectivity index (χ0v) is 51.7. The van der Waals surface area contributed by atoms with Crippen molar-refractivity contribution in [3.8, 4) is 20.9 Å². The van der Waals surface area contributed by atoms with Crippen LogP contribution >= 0.6 is 22.7 Å². The minimum atomic E-state index is -0.397. The van der Waals surface area contributed by atoms with Gasteiger partial charge in [-0.1, -0.05) is 36.4 Å². The van der Waals surface area contributed by atoms with Crippen LogP contribution in [0.5, 0.6) is 0 Å². The van der Waals surface area contributed by atoms with E-state index in [9.17, 15) is 19.5 Å². The molecule has 0 bridgehead atoms. The molecule has 0 aliphatic heterocycles. The van der Waals surface area contributed by atoms with Gasteiger partial charge in [0.2, 0.25) is 11.8 Å². The molecular formula is C68H87N9O5S2. The average molecular weight is 1170 g/mol. The maximum absolute atomic E-state index is 14.3. The number of aromatic nitrogens is 4. The zero-order valence-electron chi connectivity index (χ0n) is 50.0. The molecule has 0 radical (unpaired) electrons. The minimum Gasteiger partial charge on any atom is -0.446 e. The van der Waals surface area contributed by atoms with E-state index in [0.717, 1.165) is 137 Å². The number of aliphatic hydroxyl groups excluding tert-OH is 1. The van der Waals surface area contributed by atoms with Crippen LogP contribution in [0.1, 0.15) is 173 Å². The van der Waals surface area contributed by atoms with E-state index in [4.69, 9.17) is 14.7 Å². The monoisotopic (exact) mass is 1170 g/mol. The van der Waals surface area contributed by atoms with Gasteiger partial charge in [0.25, 0.3) is 0 Å². The fraction of sp³-hybridized carbons (Fsp3) is 0.544. The molecule has 4 aromatic heterocycles. The summed E-state index contributed by atoms with van der Waals surface area (Å²) in [5.74, 6) is 5.62. The Balaban J connectivity index is 0.000000176. The van der Waals surface area contributed by atoms with E-state index in [1.807, 2.05) is 62.8 Å². The largest absolute Gasteiger partial charge is 0.446 e. The minimum absolute atomic E-state index is 0.00504. The summed E-state index contributed by atoms with van der Waals surface area (Å²) in [6.45, 7) is 1.50. The molecule has 6 saturated carbocycles. The molecule has 3 amide bonds. The number of nitrogens with one attached hydrogen (secondary N) is 1. The van der Waals surface area contributed by atoms with Crippen molar-refractivity contribution in [2.45, 2.75) is 164 Å². The summed E-state index contributed by atoms with van der Waals surface area (Å²) >= 11 is 3.59. The Morgan fingerprint density at radius 3 is 1.31 bits per heavy atom. The van der Waals surface area contributed by atoms with Crippen LogP contribution in [-0.2, 0) is 14.3 Å². The number of hydrogen-bond donors (Lipinski definition) is 2. The van der Waals surface area contributed by atoms with Gasteiger partial charge in [0.05, 0.1) is 25.9 Å². The van der Waals surface area contributed by atoms with Crippen LogP contribution in [0.3, 0.4) is 0 Å². The summed E-state index contributed by atoms with van der Waals surface area (Å²) in [5, 5.41) is 15.1. The molecule has 6 fully saturated rings. The lowest BCUT2D eigenvalue weighted by molar-refractivity contribution is -0.125. The summed E-state index contributed by atoms with van der Waals surface area (Å²) in [6, 6.07) is 25.7. The first kappa shape index (κ1) is 59.5. The maximum atomic E-state index is 14.3. The fourth-order valence-corrected chi connectivity index (χ4v) is 15.4. The van der Waals surface area contributed by atoms with Crippen LogP contribution < -0.4 is 24.9 Å². The van der Waals surface area contributed by atoms with Crippen LogP contribution in [0.25, 0.3) is 20.9 Å². The molecular weight excluding hydrogens is 1090 g/mol. The number of alkyl carbamates (subject to hydrolysis) is 1. The number of rotatable bonds is 17. The lowest BCUT2D eigenvalue weighted by Gasteiger charge is -2.36. The van der Waals surface area contributed by atoms with Crippen molar-refractivity contribution in [3.05, 3.63) is 119 Å². The third-order valence-electron chi connectivity index (χ3n) is 18.8. The van der Waals surface area contributed by atoms with E-state index in [-0.39, 0.29) is 35.9 Å². The lowest BCUT2D eigenvalue weighted by atomic mass is 9.78. The highest BCUT2D eigenvalue weighted by Gasteiger charge is 2.36. The number of carbonyl (C=O) groups is 3. The van der Waals surface area contributed by atoms with Crippen molar-refractivity contribution in [1.29, 1.82) is 0 Å². The van der Waals surface area contributed by atoms with Gasteiger partial charge in [-0.25, -0.2) is 24.7 Å². The van der Waals surface area contributed by atoms with Crippen LogP contribution in [0.4, 0.5) is 27.8 Å². The van der Waals surface area contributed by atoms with Gasteiger partial charge in [0, 0.05) is 108 Å². The molecule has 6 aliphatic carbocycles.